The van der Waals surface area contributed by atoms with Crippen molar-refractivity contribution in [1.82, 2.24) is 9.80 Å². The summed E-state index contributed by atoms with van der Waals surface area (Å²) in [6.45, 7) is 5.01. The lowest BCUT2D eigenvalue weighted by molar-refractivity contribution is -0.148. The van der Waals surface area contributed by atoms with E-state index in [1.807, 2.05) is 18.7 Å². The van der Waals surface area contributed by atoms with Crippen LogP contribution in [0.15, 0.2) is 34.8 Å². The number of amides is 2. The van der Waals surface area contributed by atoms with Gasteiger partial charge in [0.1, 0.15) is 17.1 Å². The van der Waals surface area contributed by atoms with Crippen molar-refractivity contribution >= 4 is 41.7 Å². The monoisotopic (exact) mass is 588 g/mol. The molecule has 3 aliphatic rings. The number of carbonyl (C=O) groups is 4. The number of hydrogen-bond acceptors (Lipinski definition) is 11. The summed E-state index contributed by atoms with van der Waals surface area (Å²) in [5.41, 5.74) is 1.78. The Hall–Kier alpha value is -3.39. The largest absolute Gasteiger partial charge is 0.510 e. The third-order valence-electron chi connectivity index (χ3n) is 8.58. The molecule has 12 nitrogen and oxygen atoms in total. The molecule has 1 aromatic carbocycles. The number of allylic oxidation sites excluding steroid dienone is 1. The first-order valence-corrected chi connectivity index (χ1v) is 14.0. The number of likely N-dealkylation sites (N-methyl/N-ethyl adjacent to an activating group) is 2. The Kier molecular flexibility index (Phi) is 8.29. The van der Waals surface area contributed by atoms with Crippen molar-refractivity contribution in [1.29, 1.82) is 0 Å². The Morgan fingerprint density at radius 1 is 1.17 bits per heavy atom. The van der Waals surface area contributed by atoms with Crippen molar-refractivity contribution in [2.75, 3.05) is 38.3 Å². The van der Waals surface area contributed by atoms with Crippen LogP contribution in [-0.2, 0) is 20.8 Å². The second-order valence-corrected chi connectivity index (χ2v) is 11.2. The lowest BCUT2D eigenvalue weighted by Gasteiger charge is -2.50. The average molecular weight is 589 g/mol. The highest BCUT2D eigenvalue weighted by Gasteiger charge is 2.63. The molecular weight excluding hydrogens is 552 g/mol. The maximum Gasteiger partial charge on any atom is 0.255 e. The number of phenols is 1. The van der Waals surface area contributed by atoms with Crippen LogP contribution in [0.5, 0.6) is 5.75 Å². The van der Waals surface area contributed by atoms with Gasteiger partial charge in [0, 0.05) is 17.2 Å². The third kappa shape index (κ3) is 4.60. The van der Waals surface area contributed by atoms with Crippen LogP contribution in [-0.4, -0.2) is 104 Å². The van der Waals surface area contributed by atoms with Gasteiger partial charge in [-0.05, 0) is 57.6 Å². The summed E-state index contributed by atoms with van der Waals surface area (Å²) in [6.07, 6.45) is 0.160. The summed E-state index contributed by atoms with van der Waals surface area (Å²) < 4.78 is 0. The van der Waals surface area contributed by atoms with E-state index >= 15 is 0 Å². The zero-order valence-electron chi connectivity index (χ0n) is 23.3. The number of phenolic OH excluding ortho intramolecular Hbond substituents is 1. The normalized spacial score (nSPS) is 26.6. The Morgan fingerprint density at radius 2 is 1.80 bits per heavy atom. The standard InChI is InChI=1S/C28H36N4O8S/c1-5-32(6-2)16(11-41)27(39)30-15-8-7-12-9-13-10-14-20(31(3)4)23(35)19(26(29)38)25(37)28(14,40)24(36)18(13)22(34)17(12)21(15)33/h7-8,13-14,16,20,33,35-36,40-41H,5-6,9-11H2,1-4H3,(H2,29,38)(H,30,39)/t13?,14?,16?,20-,28?/m0/s1. The SMILES string of the molecule is CCN(CC)C(CS)C(=O)Nc1ccc2c(c1O)C(=O)C1=C(O)C3(O)C(=O)C(C(N)=O)=C(O)[C@@H](N(C)C)C3CC1C2. The number of anilines is 1. The number of fused-ring (bicyclic) bond motifs is 3. The zero-order chi connectivity index (χ0) is 30.5. The zero-order valence-corrected chi connectivity index (χ0v) is 24.2. The van der Waals surface area contributed by atoms with Crippen LogP contribution in [0.2, 0.25) is 0 Å². The smallest absolute Gasteiger partial charge is 0.255 e. The lowest BCUT2D eigenvalue weighted by Crippen LogP contribution is -2.63. The fourth-order valence-corrected chi connectivity index (χ4v) is 6.97. The molecule has 0 spiro atoms. The molecule has 1 aromatic rings. The van der Waals surface area contributed by atoms with Crippen LogP contribution in [0.4, 0.5) is 5.69 Å². The van der Waals surface area contributed by atoms with Crippen molar-refractivity contribution in [2.24, 2.45) is 17.6 Å². The highest BCUT2D eigenvalue weighted by molar-refractivity contribution is 7.80. The number of nitrogens with two attached hydrogens (primary N) is 1. The maximum atomic E-state index is 13.8. The predicted octanol–water partition coefficient (Wildman–Crippen LogP) is 0.699. The van der Waals surface area contributed by atoms with E-state index in [1.54, 1.807) is 20.2 Å². The fourth-order valence-electron chi connectivity index (χ4n) is 6.57. The third-order valence-corrected chi connectivity index (χ3v) is 8.93. The van der Waals surface area contributed by atoms with Gasteiger partial charge in [-0.2, -0.15) is 12.6 Å². The molecule has 13 heteroatoms. The predicted molar refractivity (Wildman–Crippen MR) is 153 cm³/mol. The molecule has 0 radical (unpaired) electrons. The minimum absolute atomic E-state index is 0.00148. The van der Waals surface area contributed by atoms with E-state index in [4.69, 9.17) is 5.73 Å². The average Bonchev–Trinajstić information content (AvgIpc) is 2.90. The number of aliphatic hydroxyl groups is 3. The molecule has 2 amide bonds. The Bertz CT molecular complexity index is 1390. The van der Waals surface area contributed by atoms with Crippen LogP contribution >= 0.6 is 12.6 Å². The number of nitrogens with one attached hydrogen (secondary N) is 1. The van der Waals surface area contributed by atoms with E-state index in [-0.39, 0.29) is 35.4 Å². The number of primary amides is 1. The highest BCUT2D eigenvalue weighted by atomic mass is 32.1. The summed E-state index contributed by atoms with van der Waals surface area (Å²) in [5, 5.41) is 47.7. The quantitative estimate of drug-likeness (QED) is 0.129. The van der Waals surface area contributed by atoms with Crippen molar-refractivity contribution in [3.05, 3.63) is 45.9 Å². The molecule has 7 N–H and O–H groups in total. The first-order valence-electron chi connectivity index (χ1n) is 13.4. The summed E-state index contributed by atoms with van der Waals surface area (Å²) in [4.78, 5) is 55.7. The molecular formula is C28H36N4O8S. The lowest BCUT2D eigenvalue weighted by atomic mass is 9.58. The van der Waals surface area contributed by atoms with Crippen LogP contribution < -0.4 is 11.1 Å². The highest BCUT2D eigenvalue weighted by Crippen LogP contribution is 2.52. The van der Waals surface area contributed by atoms with Gasteiger partial charge in [0.25, 0.3) is 5.91 Å². The molecule has 0 saturated heterocycles. The van der Waals surface area contributed by atoms with E-state index in [9.17, 15) is 39.6 Å². The summed E-state index contributed by atoms with van der Waals surface area (Å²) >= 11 is 4.29. The number of thiol groups is 1. The van der Waals surface area contributed by atoms with Gasteiger partial charge in [-0.3, -0.25) is 29.0 Å². The number of aromatic hydroxyl groups is 1. The van der Waals surface area contributed by atoms with Gasteiger partial charge in [-0.25, -0.2) is 0 Å². The number of ketones is 2. The van der Waals surface area contributed by atoms with Gasteiger partial charge in [0.05, 0.1) is 23.3 Å². The Labute approximate surface area is 242 Å². The number of aliphatic hydroxyl groups excluding tert-OH is 2. The van der Waals surface area contributed by atoms with Gasteiger partial charge in [-0.1, -0.05) is 19.9 Å². The molecule has 41 heavy (non-hydrogen) atoms. The summed E-state index contributed by atoms with van der Waals surface area (Å²) in [6, 6.07) is 1.44. The minimum atomic E-state index is -2.71. The number of rotatable bonds is 8. The topological polar surface area (TPSA) is 194 Å². The van der Waals surface area contributed by atoms with E-state index in [2.05, 4.69) is 17.9 Å². The Morgan fingerprint density at radius 3 is 2.34 bits per heavy atom. The van der Waals surface area contributed by atoms with Gasteiger partial charge >= 0.3 is 0 Å². The van der Waals surface area contributed by atoms with E-state index in [1.165, 1.54) is 11.0 Å². The Balaban J connectivity index is 1.79. The summed E-state index contributed by atoms with van der Waals surface area (Å²) in [5.74, 6) is -7.45. The van der Waals surface area contributed by atoms with Crippen molar-refractivity contribution < 1.29 is 39.6 Å². The molecule has 0 fully saturated rings. The van der Waals surface area contributed by atoms with Crippen LogP contribution in [0, 0.1) is 11.8 Å². The first-order chi connectivity index (χ1) is 19.3. The van der Waals surface area contributed by atoms with Gasteiger partial charge in [0.2, 0.25) is 11.7 Å². The molecule has 0 saturated carbocycles. The minimum Gasteiger partial charge on any atom is -0.510 e. The molecule has 0 bridgehead atoms. The van der Waals surface area contributed by atoms with Crippen molar-refractivity contribution in [3.63, 3.8) is 0 Å². The second kappa shape index (κ2) is 11.1. The van der Waals surface area contributed by atoms with Crippen molar-refractivity contribution in [2.45, 2.75) is 44.4 Å². The van der Waals surface area contributed by atoms with Gasteiger partial charge < -0.3 is 31.5 Å². The number of Topliss-reactive ketones (excluding diaryl/α,β-unsaturated/α-hetero) is 2. The maximum absolute atomic E-state index is 13.8. The van der Waals surface area contributed by atoms with E-state index in [0.29, 0.717) is 18.7 Å². The number of hydrogen-bond donors (Lipinski definition) is 7. The van der Waals surface area contributed by atoms with Crippen LogP contribution in [0.3, 0.4) is 0 Å². The molecule has 5 atom stereocenters. The number of nitrogens with zero attached hydrogens (tertiary/aromatic N) is 2. The molecule has 0 heterocycles. The fraction of sp³-hybridized carbons (Fsp3) is 0.500. The number of benzene rings is 1. The first kappa shape index (κ1) is 30.6. The number of carbonyl (C=O) groups excluding carboxylic acids is 4. The van der Waals surface area contributed by atoms with Gasteiger partial charge in [0.15, 0.2) is 17.1 Å². The molecule has 222 valence electrons. The van der Waals surface area contributed by atoms with Crippen molar-refractivity contribution in [3.8, 4) is 5.75 Å². The van der Waals surface area contributed by atoms with E-state index in [0.717, 1.165) is 0 Å². The molecule has 0 aromatic heterocycles. The molecule has 4 rings (SSSR count). The molecule has 4 unspecified atom stereocenters. The second-order valence-electron chi connectivity index (χ2n) is 10.9. The summed E-state index contributed by atoms with van der Waals surface area (Å²) in [7, 11) is 3.14. The molecule has 3 aliphatic carbocycles. The van der Waals surface area contributed by atoms with Gasteiger partial charge in [-0.15, -0.1) is 0 Å². The van der Waals surface area contributed by atoms with Crippen LogP contribution in [0.1, 0.15) is 36.2 Å². The van der Waals surface area contributed by atoms with E-state index < -0.39 is 75.7 Å². The van der Waals surface area contributed by atoms with Crippen LogP contribution in [0.25, 0.3) is 0 Å². The molecule has 0 aliphatic heterocycles.